The number of nitrogens with zero attached hydrogens (tertiary/aromatic N) is 4. The van der Waals surface area contributed by atoms with Gasteiger partial charge >= 0.3 is 6.09 Å². The molecule has 1 aliphatic heterocycles. The third-order valence-corrected chi connectivity index (χ3v) is 5.43. The van der Waals surface area contributed by atoms with Crippen LogP contribution in [0.2, 0.25) is 10.0 Å². The third kappa shape index (κ3) is 3.86. The van der Waals surface area contributed by atoms with Crippen LogP contribution in [0, 0.1) is 6.92 Å². The highest BCUT2D eigenvalue weighted by atomic mass is 35.5. The van der Waals surface area contributed by atoms with Crippen molar-refractivity contribution >= 4 is 35.2 Å². The van der Waals surface area contributed by atoms with Gasteiger partial charge in [-0.25, -0.2) is 13.9 Å². The molecule has 0 aliphatic carbocycles. The molecule has 0 radical (unpaired) electrons. The number of carbonyl (C=O) groups excluding carboxylic acids is 1. The summed E-state index contributed by atoms with van der Waals surface area (Å²) in [6.45, 7) is 1.21. The van der Waals surface area contributed by atoms with E-state index in [4.69, 9.17) is 23.2 Å². The molecule has 3 heterocycles. The van der Waals surface area contributed by atoms with Crippen LogP contribution >= 0.6 is 23.2 Å². The number of alkyl halides is 1. The average molecular weight is 419 g/mol. The van der Waals surface area contributed by atoms with Gasteiger partial charge in [-0.05, 0) is 13.3 Å². The van der Waals surface area contributed by atoms with Gasteiger partial charge in [0.25, 0.3) is 5.91 Å². The Morgan fingerprint density at radius 2 is 2.19 bits per heavy atom. The maximum Gasteiger partial charge on any atom is 0.407 e. The number of aryl methyl sites for hydroxylation is 1. The Kier molecular flexibility index (Phi) is 5.56. The van der Waals surface area contributed by atoms with E-state index in [2.05, 4.69) is 20.6 Å². The van der Waals surface area contributed by atoms with Crippen LogP contribution in [0.3, 0.4) is 0 Å². The molecule has 2 atom stereocenters. The van der Waals surface area contributed by atoms with Crippen molar-refractivity contribution in [2.75, 3.05) is 13.1 Å². The number of carboxylic acid groups (broad SMARTS) is 1. The van der Waals surface area contributed by atoms with Crippen LogP contribution < -0.4 is 5.32 Å². The molecule has 2 amide bonds. The number of piperidine rings is 1. The Morgan fingerprint density at radius 3 is 2.74 bits per heavy atom. The van der Waals surface area contributed by atoms with Gasteiger partial charge in [-0.3, -0.25) is 4.79 Å². The minimum atomic E-state index is -1.08. The number of carbonyl (C=O) groups is 2. The van der Waals surface area contributed by atoms with E-state index in [0.717, 1.165) is 0 Å². The van der Waals surface area contributed by atoms with E-state index < -0.39 is 30.8 Å². The molecule has 27 heavy (non-hydrogen) atoms. The summed E-state index contributed by atoms with van der Waals surface area (Å²) in [5.41, 5.74) is 0.817. The van der Waals surface area contributed by atoms with Crippen LogP contribution in [0.1, 0.15) is 34.3 Å². The molecule has 0 bridgehead atoms. The zero-order chi connectivity index (χ0) is 19.7. The largest absolute Gasteiger partial charge is 0.465 e. The molecule has 1 saturated heterocycles. The smallest absolute Gasteiger partial charge is 0.407 e. The summed E-state index contributed by atoms with van der Waals surface area (Å²) >= 11 is 12.1. The normalized spacial score (nSPS) is 19.9. The summed E-state index contributed by atoms with van der Waals surface area (Å²) in [5, 5.41) is 20.1. The van der Waals surface area contributed by atoms with Gasteiger partial charge in [0, 0.05) is 18.8 Å². The summed E-state index contributed by atoms with van der Waals surface area (Å²) in [5.74, 6) is -0.473. The molecule has 0 aromatic carbocycles. The SMILES string of the molecule is Cc1[nH]c(C(=O)N[C@@H]2CCN(C(=O)O)C[C@@H]2n2cc(CF)nn2)c(Cl)c1Cl. The van der Waals surface area contributed by atoms with Crippen LogP contribution in [-0.2, 0) is 6.67 Å². The molecule has 2 aromatic heterocycles. The van der Waals surface area contributed by atoms with Crippen molar-refractivity contribution in [1.82, 2.24) is 30.2 Å². The maximum absolute atomic E-state index is 12.8. The number of likely N-dealkylation sites (tertiary alicyclic amines) is 1. The Hall–Kier alpha value is -2.33. The van der Waals surface area contributed by atoms with E-state index in [1.54, 1.807) is 6.92 Å². The van der Waals surface area contributed by atoms with Gasteiger partial charge in [0.05, 0.1) is 28.3 Å². The predicted molar refractivity (Wildman–Crippen MR) is 94.9 cm³/mol. The second-order valence-corrected chi connectivity index (χ2v) is 7.00. The fourth-order valence-electron chi connectivity index (χ4n) is 3.05. The lowest BCUT2D eigenvalue weighted by Crippen LogP contribution is -2.53. The lowest BCUT2D eigenvalue weighted by molar-refractivity contribution is 0.0828. The highest BCUT2D eigenvalue weighted by molar-refractivity contribution is 6.44. The Labute approximate surface area is 163 Å². The summed E-state index contributed by atoms with van der Waals surface area (Å²) < 4.78 is 14.2. The summed E-state index contributed by atoms with van der Waals surface area (Å²) in [6, 6.07) is -1.00. The molecule has 1 fully saturated rings. The lowest BCUT2D eigenvalue weighted by Gasteiger charge is -2.37. The fourth-order valence-corrected chi connectivity index (χ4v) is 3.46. The first-order valence-electron chi connectivity index (χ1n) is 8.10. The molecule has 3 N–H and O–H groups in total. The van der Waals surface area contributed by atoms with Crippen molar-refractivity contribution in [3.63, 3.8) is 0 Å². The van der Waals surface area contributed by atoms with Crippen molar-refractivity contribution in [3.8, 4) is 0 Å². The van der Waals surface area contributed by atoms with Crippen molar-refractivity contribution in [1.29, 1.82) is 0 Å². The summed E-state index contributed by atoms with van der Waals surface area (Å²) in [4.78, 5) is 28.0. The Morgan fingerprint density at radius 1 is 1.44 bits per heavy atom. The number of amides is 2. The second-order valence-electron chi connectivity index (χ2n) is 6.24. The minimum absolute atomic E-state index is 0.0770. The van der Waals surface area contributed by atoms with Gasteiger partial charge in [-0.2, -0.15) is 0 Å². The highest BCUT2D eigenvalue weighted by Crippen LogP contribution is 2.30. The standard InChI is InChI=1S/C15H17Cl2FN6O3/c1-7-11(16)12(17)13(19-7)14(25)20-9-2-3-23(15(26)27)6-10(9)24-5-8(4-18)21-22-24/h5,9-10,19H,2-4,6H2,1H3,(H,20,25)(H,26,27)/t9-,10+/m1/s1. The first-order valence-corrected chi connectivity index (χ1v) is 8.86. The van der Waals surface area contributed by atoms with Gasteiger partial charge in [0.1, 0.15) is 18.1 Å². The van der Waals surface area contributed by atoms with Crippen molar-refractivity contribution < 1.29 is 19.1 Å². The van der Waals surface area contributed by atoms with Crippen LogP contribution in [0.25, 0.3) is 0 Å². The molecule has 0 unspecified atom stereocenters. The molecular formula is C15H17Cl2FN6O3. The lowest BCUT2D eigenvalue weighted by atomic mass is 9.99. The molecule has 146 valence electrons. The highest BCUT2D eigenvalue weighted by Gasteiger charge is 2.35. The van der Waals surface area contributed by atoms with E-state index in [1.165, 1.54) is 15.8 Å². The van der Waals surface area contributed by atoms with Crippen LogP contribution in [0.15, 0.2) is 6.20 Å². The second kappa shape index (κ2) is 7.73. The first-order chi connectivity index (χ1) is 12.8. The number of hydrogen-bond acceptors (Lipinski definition) is 4. The molecule has 9 nitrogen and oxygen atoms in total. The van der Waals surface area contributed by atoms with Gasteiger partial charge in [-0.15, -0.1) is 5.10 Å². The maximum atomic E-state index is 12.8. The monoisotopic (exact) mass is 418 g/mol. The summed E-state index contributed by atoms with van der Waals surface area (Å²) in [6.07, 6.45) is 0.668. The number of rotatable bonds is 4. The van der Waals surface area contributed by atoms with Crippen LogP contribution in [0.5, 0.6) is 0 Å². The number of halogens is 3. The minimum Gasteiger partial charge on any atom is -0.465 e. The van der Waals surface area contributed by atoms with Gasteiger partial charge < -0.3 is 20.3 Å². The van der Waals surface area contributed by atoms with E-state index in [1.807, 2.05) is 0 Å². The predicted octanol–water partition coefficient (Wildman–Crippen LogP) is 2.41. The Bertz CT molecular complexity index is 870. The van der Waals surface area contributed by atoms with Crippen molar-refractivity contribution in [2.24, 2.45) is 0 Å². The van der Waals surface area contributed by atoms with Crippen LogP contribution in [-0.4, -0.2) is 61.1 Å². The van der Waals surface area contributed by atoms with E-state index in [0.29, 0.717) is 12.1 Å². The summed E-state index contributed by atoms with van der Waals surface area (Å²) in [7, 11) is 0. The zero-order valence-corrected chi connectivity index (χ0v) is 15.8. The number of aromatic amines is 1. The van der Waals surface area contributed by atoms with Crippen molar-refractivity contribution in [3.05, 3.63) is 33.3 Å². The molecule has 12 heteroatoms. The van der Waals surface area contributed by atoms with E-state index >= 15 is 0 Å². The molecule has 1 aliphatic rings. The topological polar surface area (TPSA) is 116 Å². The average Bonchev–Trinajstić information content (AvgIpc) is 3.22. The fraction of sp³-hybridized carbons (Fsp3) is 0.467. The van der Waals surface area contributed by atoms with Gasteiger partial charge in [0.15, 0.2) is 0 Å². The molecule has 3 rings (SSSR count). The molecular weight excluding hydrogens is 402 g/mol. The first kappa shape index (κ1) is 19.4. The van der Waals surface area contributed by atoms with E-state index in [9.17, 15) is 19.1 Å². The zero-order valence-electron chi connectivity index (χ0n) is 14.2. The number of hydrogen-bond donors (Lipinski definition) is 3. The third-order valence-electron chi connectivity index (χ3n) is 4.48. The van der Waals surface area contributed by atoms with Gasteiger partial charge in [0.2, 0.25) is 0 Å². The van der Waals surface area contributed by atoms with E-state index in [-0.39, 0.29) is 34.5 Å². The Balaban J connectivity index is 1.83. The number of H-pyrrole nitrogens is 1. The quantitative estimate of drug-likeness (QED) is 0.704. The van der Waals surface area contributed by atoms with Gasteiger partial charge in [-0.1, -0.05) is 28.4 Å². The molecule has 0 saturated carbocycles. The number of nitrogens with one attached hydrogen (secondary N) is 2. The van der Waals surface area contributed by atoms with Crippen molar-refractivity contribution in [2.45, 2.75) is 32.1 Å². The molecule has 0 spiro atoms. The van der Waals surface area contributed by atoms with Crippen LogP contribution in [0.4, 0.5) is 9.18 Å². The molecule has 2 aromatic rings. The number of aromatic nitrogens is 4.